The monoisotopic (exact) mass is 358 g/mol. The van der Waals surface area contributed by atoms with Crippen LogP contribution in [0.4, 0.5) is 0 Å². The molecule has 2 aromatic carbocycles. The molecule has 0 saturated carbocycles. The molecule has 0 aliphatic carbocycles. The second-order valence-electron chi connectivity index (χ2n) is 6.62. The number of benzene rings is 2. The molecule has 0 bridgehead atoms. The molecule has 1 aliphatic heterocycles. The van der Waals surface area contributed by atoms with Gasteiger partial charge in [0.25, 0.3) is 0 Å². The zero-order chi connectivity index (χ0) is 16.6. The molecule has 1 unspecified atom stereocenters. The van der Waals surface area contributed by atoms with Crippen molar-refractivity contribution >= 4 is 18.3 Å². The minimum atomic E-state index is 0. The van der Waals surface area contributed by atoms with E-state index in [-0.39, 0.29) is 18.3 Å². The van der Waals surface area contributed by atoms with E-state index in [1.807, 2.05) is 41.3 Å². The molecule has 1 aliphatic rings. The molecule has 1 atom stereocenters. The molecule has 0 radical (unpaired) electrons. The summed E-state index contributed by atoms with van der Waals surface area (Å²) < 4.78 is 0. The number of hydrogen-bond donors (Lipinski definition) is 1. The first kappa shape index (κ1) is 19.5. The topological polar surface area (TPSA) is 32.3 Å². The number of nitrogens with zero attached hydrogens (tertiary/aromatic N) is 1. The van der Waals surface area contributed by atoms with Crippen molar-refractivity contribution in [3.63, 3.8) is 0 Å². The summed E-state index contributed by atoms with van der Waals surface area (Å²) in [7, 11) is 0. The summed E-state index contributed by atoms with van der Waals surface area (Å²) >= 11 is 0. The molecule has 1 heterocycles. The van der Waals surface area contributed by atoms with Crippen LogP contribution in [0, 0.1) is 5.92 Å². The van der Waals surface area contributed by atoms with Crippen molar-refractivity contribution in [2.75, 3.05) is 13.1 Å². The van der Waals surface area contributed by atoms with Gasteiger partial charge in [-0.25, -0.2) is 0 Å². The lowest BCUT2D eigenvalue weighted by molar-refractivity contribution is -0.132. The summed E-state index contributed by atoms with van der Waals surface area (Å²) in [5.41, 5.74) is 2.37. The van der Waals surface area contributed by atoms with Gasteiger partial charge >= 0.3 is 0 Å². The van der Waals surface area contributed by atoms with Gasteiger partial charge in [0.15, 0.2) is 0 Å². The Morgan fingerprint density at radius 3 is 2.00 bits per heavy atom. The Morgan fingerprint density at radius 2 is 1.52 bits per heavy atom. The molecule has 1 fully saturated rings. The number of nitrogens with one attached hydrogen (secondary N) is 1. The maximum atomic E-state index is 12.8. The first-order chi connectivity index (χ1) is 11.8. The first-order valence-corrected chi connectivity index (χ1v) is 8.87. The molecule has 4 heteroatoms. The van der Waals surface area contributed by atoms with Gasteiger partial charge in [-0.3, -0.25) is 4.79 Å². The molecule has 1 N–H and O–H groups in total. The largest absolute Gasteiger partial charge is 0.334 e. The second-order valence-corrected chi connectivity index (χ2v) is 6.62. The summed E-state index contributed by atoms with van der Waals surface area (Å²) in [6.07, 6.45) is 2.84. The van der Waals surface area contributed by atoms with E-state index in [1.54, 1.807) is 0 Å². The predicted molar refractivity (Wildman–Crippen MR) is 105 cm³/mol. The van der Waals surface area contributed by atoms with Crippen LogP contribution in [0.2, 0.25) is 0 Å². The summed E-state index contributed by atoms with van der Waals surface area (Å²) in [5.74, 6) is 0.916. The molecule has 0 spiro atoms. The van der Waals surface area contributed by atoms with Crippen LogP contribution in [0.3, 0.4) is 0 Å². The van der Waals surface area contributed by atoms with Gasteiger partial charge in [0.05, 0.1) is 0 Å². The quantitative estimate of drug-likeness (QED) is 0.810. The van der Waals surface area contributed by atoms with Gasteiger partial charge in [-0.1, -0.05) is 60.7 Å². The van der Waals surface area contributed by atoms with Crippen molar-refractivity contribution in [3.8, 4) is 0 Å². The molecule has 134 valence electrons. The van der Waals surface area contributed by atoms with Crippen molar-refractivity contribution in [2.45, 2.75) is 32.4 Å². The fourth-order valence-corrected chi connectivity index (χ4v) is 3.29. The van der Waals surface area contributed by atoms with Crippen LogP contribution in [-0.2, 0) is 17.9 Å². The van der Waals surface area contributed by atoms with E-state index in [2.05, 4.69) is 29.6 Å². The molecule has 0 aromatic heterocycles. The van der Waals surface area contributed by atoms with Crippen LogP contribution in [0.25, 0.3) is 0 Å². The zero-order valence-corrected chi connectivity index (χ0v) is 15.4. The number of carbonyl (C=O) groups excluding carboxylic acids is 1. The van der Waals surface area contributed by atoms with Gasteiger partial charge in [-0.05, 0) is 43.0 Å². The van der Waals surface area contributed by atoms with Crippen LogP contribution in [-0.4, -0.2) is 23.9 Å². The van der Waals surface area contributed by atoms with Crippen molar-refractivity contribution in [1.82, 2.24) is 10.2 Å². The highest BCUT2D eigenvalue weighted by molar-refractivity contribution is 5.85. The number of amides is 1. The third-order valence-corrected chi connectivity index (χ3v) is 4.71. The van der Waals surface area contributed by atoms with E-state index in [4.69, 9.17) is 0 Å². The highest BCUT2D eigenvalue weighted by Crippen LogP contribution is 2.17. The standard InChI is InChI=1S/C21H26N2O.ClH/c24-21(12-11-18-13-14-22-15-18)23(16-19-7-3-1-4-8-19)17-20-9-5-2-6-10-20;/h1-10,18,22H,11-17H2;1H. The van der Waals surface area contributed by atoms with Crippen molar-refractivity contribution in [2.24, 2.45) is 5.92 Å². The molecule has 1 saturated heterocycles. The SMILES string of the molecule is Cl.O=C(CCC1CCNC1)N(Cc1ccccc1)Cc1ccccc1. The number of hydrogen-bond acceptors (Lipinski definition) is 2. The van der Waals surface area contributed by atoms with Gasteiger partial charge in [-0.15, -0.1) is 12.4 Å². The zero-order valence-electron chi connectivity index (χ0n) is 14.6. The van der Waals surface area contributed by atoms with E-state index in [9.17, 15) is 4.79 Å². The average Bonchev–Trinajstić information content (AvgIpc) is 3.14. The summed E-state index contributed by atoms with van der Waals surface area (Å²) in [4.78, 5) is 14.8. The van der Waals surface area contributed by atoms with Gasteiger partial charge in [0, 0.05) is 19.5 Å². The number of carbonyl (C=O) groups is 1. The van der Waals surface area contributed by atoms with Crippen LogP contribution in [0.15, 0.2) is 60.7 Å². The second kappa shape index (κ2) is 10.2. The van der Waals surface area contributed by atoms with E-state index >= 15 is 0 Å². The number of halogens is 1. The van der Waals surface area contributed by atoms with Crippen molar-refractivity contribution < 1.29 is 4.79 Å². The first-order valence-electron chi connectivity index (χ1n) is 8.87. The lowest BCUT2D eigenvalue weighted by atomic mass is 10.0. The van der Waals surface area contributed by atoms with Gasteiger partial charge in [-0.2, -0.15) is 0 Å². The van der Waals surface area contributed by atoms with Gasteiger partial charge in [0.1, 0.15) is 0 Å². The lowest BCUT2D eigenvalue weighted by Crippen LogP contribution is -2.30. The van der Waals surface area contributed by atoms with E-state index in [0.29, 0.717) is 25.4 Å². The Bertz CT molecular complexity index is 585. The smallest absolute Gasteiger partial charge is 0.223 e. The van der Waals surface area contributed by atoms with E-state index in [1.165, 1.54) is 17.5 Å². The van der Waals surface area contributed by atoms with E-state index in [0.717, 1.165) is 19.5 Å². The van der Waals surface area contributed by atoms with E-state index < -0.39 is 0 Å². The Balaban J connectivity index is 0.00000225. The molecule has 3 nitrogen and oxygen atoms in total. The molecular formula is C21H27ClN2O. The lowest BCUT2D eigenvalue weighted by Gasteiger charge is -2.24. The molecule has 25 heavy (non-hydrogen) atoms. The third-order valence-electron chi connectivity index (χ3n) is 4.71. The Morgan fingerprint density at radius 1 is 0.960 bits per heavy atom. The molecule has 3 rings (SSSR count). The van der Waals surface area contributed by atoms with Crippen LogP contribution >= 0.6 is 12.4 Å². The highest BCUT2D eigenvalue weighted by atomic mass is 35.5. The minimum Gasteiger partial charge on any atom is -0.334 e. The van der Waals surface area contributed by atoms with Crippen LogP contribution in [0.1, 0.15) is 30.4 Å². The van der Waals surface area contributed by atoms with Crippen LogP contribution < -0.4 is 5.32 Å². The Kier molecular flexibility index (Phi) is 7.96. The molecule has 2 aromatic rings. The molecule has 1 amide bonds. The maximum absolute atomic E-state index is 12.8. The highest BCUT2D eigenvalue weighted by Gasteiger charge is 2.19. The normalized spacial score (nSPS) is 16.2. The van der Waals surface area contributed by atoms with Gasteiger partial charge in [0.2, 0.25) is 5.91 Å². The van der Waals surface area contributed by atoms with Gasteiger partial charge < -0.3 is 10.2 Å². The maximum Gasteiger partial charge on any atom is 0.223 e. The van der Waals surface area contributed by atoms with Crippen molar-refractivity contribution in [1.29, 1.82) is 0 Å². The summed E-state index contributed by atoms with van der Waals surface area (Å²) in [6.45, 7) is 3.51. The van der Waals surface area contributed by atoms with Crippen LogP contribution in [0.5, 0.6) is 0 Å². The Hall–Kier alpha value is -1.84. The fraction of sp³-hybridized carbons (Fsp3) is 0.381. The number of rotatable bonds is 7. The third kappa shape index (κ3) is 6.18. The summed E-state index contributed by atoms with van der Waals surface area (Å²) in [6, 6.07) is 20.5. The average molecular weight is 359 g/mol. The Labute approximate surface area is 156 Å². The van der Waals surface area contributed by atoms with Crippen molar-refractivity contribution in [3.05, 3.63) is 71.8 Å². The molecular weight excluding hydrogens is 332 g/mol. The summed E-state index contributed by atoms with van der Waals surface area (Å²) in [5, 5.41) is 3.38. The minimum absolute atomic E-state index is 0. The fourth-order valence-electron chi connectivity index (χ4n) is 3.29. The predicted octanol–water partition coefficient (Wildman–Crippen LogP) is 4.03.